The predicted molar refractivity (Wildman–Crippen MR) is 130 cm³/mol. The van der Waals surface area contributed by atoms with Crippen molar-refractivity contribution in [2.45, 2.75) is 38.6 Å². The monoisotopic (exact) mass is 536 g/mol. The van der Waals surface area contributed by atoms with Crippen molar-refractivity contribution in [3.05, 3.63) is 58.6 Å². The van der Waals surface area contributed by atoms with Gasteiger partial charge in [0.1, 0.15) is 17.3 Å². The molecule has 0 aliphatic carbocycles. The number of halogens is 2. The Labute approximate surface area is 205 Å². The van der Waals surface area contributed by atoms with Gasteiger partial charge in [0.05, 0.1) is 18.6 Å². The third kappa shape index (κ3) is 6.94. The van der Waals surface area contributed by atoms with E-state index in [1.807, 2.05) is 35.8 Å². The van der Waals surface area contributed by atoms with Crippen molar-refractivity contribution >= 4 is 39.3 Å². The van der Waals surface area contributed by atoms with Gasteiger partial charge in [0.25, 0.3) is 0 Å². The minimum Gasteiger partial charge on any atom is -0.497 e. The summed E-state index contributed by atoms with van der Waals surface area (Å²) in [5.74, 6) is 1.67. The van der Waals surface area contributed by atoms with Crippen molar-refractivity contribution in [2.24, 2.45) is 5.92 Å². The minimum atomic E-state index is -0.502. The van der Waals surface area contributed by atoms with Gasteiger partial charge in [-0.3, -0.25) is 4.79 Å². The molecule has 0 aliphatic heterocycles. The molecule has 7 nitrogen and oxygen atoms in total. The fourth-order valence-corrected chi connectivity index (χ4v) is 4.15. The van der Waals surface area contributed by atoms with Crippen molar-refractivity contribution in [2.75, 3.05) is 18.2 Å². The van der Waals surface area contributed by atoms with Crippen LogP contribution in [-0.2, 0) is 11.3 Å². The third-order valence-electron chi connectivity index (χ3n) is 4.57. The second-order valence-corrected chi connectivity index (χ2v) is 9.60. The predicted octanol–water partition coefficient (Wildman–Crippen LogP) is 5.72. The summed E-state index contributed by atoms with van der Waals surface area (Å²) in [6.45, 7) is 6.76. The molecule has 1 amide bonds. The van der Waals surface area contributed by atoms with Gasteiger partial charge < -0.3 is 19.4 Å². The molecule has 1 atom stereocenters. The van der Waals surface area contributed by atoms with Crippen LogP contribution < -0.4 is 14.8 Å². The lowest BCUT2D eigenvalue weighted by Gasteiger charge is -2.18. The van der Waals surface area contributed by atoms with Crippen molar-refractivity contribution in [3.8, 4) is 11.5 Å². The molecule has 0 saturated heterocycles. The van der Waals surface area contributed by atoms with E-state index in [0.717, 1.165) is 5.75 Å². The number of nitrogens with one attached hydrogen (secondary N) is 1. The SMILES string of the molecule is COc1ccc(OC(C)c2nnc(SCC(=O)Nc3ccc(Br)cc3F)n2CC(C)C)cc1. The lowest BCUT2D eigenvalue weighted by Crippen LogP contribution is -2.17. The Kier molecular flexibility index (Phi) is 8.74. The molecule has 33 heavy (non-hydrogen) atoms. The molecule has 1 aromatic heterocycles. The molecule has 3 rings (SSSR count). The van der Waals surface area contributed by atoms with Crippen LogP contribution in [0.15, 0.2) is 52.1 Å². The zero-order chi connectivity index (χ0) is 24.0. The molecule has 0 aliphatic rings. The van der Waals surface area contributed by atoms with Crippen molar-refractivity contribution in [1.82, 2.24) is 14.8 Å². The fraction of sp³-hybridized carbons (Fsp3) is 0.348. The summed E-state index contributed by atoms with van der Waals surface area (Å²) in [6.07, 6.45) is -0.357. The molecular weight excluding hydrogens is 511 g/mol. The van der Waals surface area contributed by atoms with Gasteiger partial charge in [-0.15, -0.1) is 10.2 Å². The number of thioether (sulfide) groups is 1. The number of nitrogens with zero attached hydrogens (tertiary/aromatic N) is 3. The average Bonchev–Trinajstić information content (AvgIpc) is 3.16. The highest BCUT2D eigenvalue weighted by Crippen LogP contribution is 2.27. The number of amides is 1. The Morgan fingerprint density at radius 1 is 1.15 bits per heavy atom. The molecule has 0 spiro atoms. The summed E-state index contributed by atoms with van der Waals surface area (Å²) in [4.78, 5) is 12.4. The number of carbonyl (C=O) groups excluding carboxylic acids is 1. The molecule has 176 valence electrons. The molecular formula is C23H26BrFN4O3S. The first-order valence-corrected chi connectivity index (χ1v) is 12.2. The van der Waals surface area contributed by atoms with Gasteiger partial charge in [-0.05, 0) is 55.3 Å². The topological polar surface area (TPSA) is 78.3 Å². The molecule has 1 unspecified atom stereocenters. The fourth-order valence-electron chi connectivity index (χ4n) is 3.06. The molecule has 0 bridgehead atoms. The summed E-state index contributed by atoms with van der Waals surface area (Å²) in [5, 5.41) is 11.8. The average molecular weight is 537 g/mol. The zero-order valence-electron chi connectivity index (χ0n) is 18.8. The summed E-state index contributed by atoms with van der Waals surface area (Å²) in [7, 11) is 1.61. The van der Waals surface area contributed by atoms with Crippen molar-refractivity contribution < 1.29 is 18.7 Å². The second-order valence-electron chi connectivity index (χ2n) is 7.74. The van der Waals surface area contributed by atoms with Gasteiger partial charge in [0.15, 0.2) is 17.1 Å². The number of aromatic nitrogens is 3. The summed E-state index contributed by atoms with van der Waals surface area (Å²) in [5.41, 5.74) is 0.134. The third-order valence-corrected chi connectivity index (χ3v) is 6.03. The molecule has 2 aromatic carbocycles. The largest absolute Gasteiger partial charge is 0.497 e. The van der Waals surface area contributed by atoms with Crippen molar-refractivity contribution in [3.63, 3.8) is 0 Å². The van der Waals surface area contributed by atoms with Gasteiger partial charge in [-0.25, -0.2) is 4.39 Å². The highest BCUT2D eigenvalue weighted by Gasteiger charge is 2.21. The zero-order valence-corrected chi connectivity index (χ0v) is 21.2. The molecule has 3 aromatic rings. The standard InChI is InChI=1S/C23H26BrFN4O3S/c1-14(2)12-29-22(15(3)32-18-8-6-17(31-4)7-9-18)27-28-23(29)33-13-21(30)26-20-10-5-16(24)11-19(20)25/h5-11,14-15H,12-13H2,1-4H3,(H,26,30). The number of anilines is 1. The quantitative estimate of drug-likeness (QED) is 0.334. The van der Waals surface area contributed by atoms with E-state index < -0.39 is 5.82 Å². The Morgan fingerprint density at radius 2 is 1.85 bits per heavy atom. The first kappa shape index (κ1) is 25.0. The highest BCUT2D eigenvalue weighted by molar-refractivity contribution is 9.10. The van der Waals surface area contributed by atoms with Crippen LogP contribution in [0, 0.1) is 11.7 Å². The van der Waals surface area contributed by atoms with E-state index in [1.165, 1.54) is 23.9 Å². The molecule has 0 saturated carbocycles. The first-order chi connectivity index (χ1) is 15.8. The van der Waals surface area contributed by atoms with Gasteiger partial charge in [0, 0.05) is 11.0 Å². The van der Waals surface area contributed by atoms with Crippen molar-refractivity contribution in [1.29, 1.82) is 0 Å². The van der Waals surface area contributed by atoms with Gasteiger partial charge >= 0.3 is 0 Å². The Morgan fingerprint density at radius 3 is 2.48 bits per heavy atom. The maximum Gasteiger partial charge on any atom is 0.234 e. The molecule has 10 heteroatoms. The lowest BCUT2D eigenvalue weighted by atomic mass is 10.2. The number of hydrogen-bond acceptors (Lipinski definition) is 6. The maximum absolute atomic E-state index is 14.0. The van der Waals surface area contributed by atoms with E-state index >= 15 is 0 Å². The number of methoxy groups -OCH3 is 1. The highest BCUT2D eigenvalue weighted by atomic mass is 79.9. The molecule has 1 heterocycles. The minimum absolute atomic E-state index is 0.0689. The van der Waals surface area contributed by atoms with E-state index in [9.17, 15) is 9.18 Å². The lowest BCUT2D eigenvalue weighted by molar-refractivity contribution is -0.113. The Hall–Kier alpha value is -2.59. The Balaban J connectivity index is 1.69. The van der Waals surface area contributed by atoms with Gasteiger partial charge in [0.2, 0.25) is 5.91 Å². The van der Waals surface area contributed by atoms with E-state index in [-0.39, 0.29) is 23.5 Å². The van der Waals surface area contributed by atoms with E-state index in [1.54, 1.807) is 13.2 Å². The molecule has 1 N–H and O–H groups in total. The van der Waals surface area contributed by atoms with Crippen LogP contribution in [0.2, 0.25) is 0 Å². The van der Waals surface area contributed by atoms with Gasteiger partial charge in [-0.2, -0.15) is 0 Å². The van der Waals surface area contributed by atoms with Crippen LogP contribution in [0.25, 0.3) is 0 Å². The number of carbonyl (C=O) groups is 1. The van der Waals surface area contributed by atoms with E-state index in [2.05, 4.69) is 45.3 Å². The van der Waals surface area contributed by atoms with E-state index in [0.29, 0.717) is 33.7 Å². The van der Waals surface area contributed by atoms with E-state index in [4.69, 9.17) is 9.47 Å². The Bertz CT molecular complexity index is 1090. The normalized spacial score (nSPS) is 12.0. The summed E-state index contributed by atoms with van der Waals surface area (Å²) in [6, 6.07) is 11.8. The number of ether oxygens (including phenoxy) is 2. The smallest absolute Gasteiger partial charge is 0.234 e. The van der Waals surface area contributed by atoms with Crippen LogP contribution in [0.3, 0.4) is 0 Å². The van der Waals surface area contributed by atoms with Crippen LogP contribution in [0.1, 0.15) is 32.7 Å². The number of hydrogen-bond donors (Lipinski definition) is 1. The summed E-state index contributed by atoms with van der Waals surface area (Å²) >= 11 is 4.45. The maximum atomic E-state index is 14.0. The second kappa shape index (κ2) is 11.5. The number of benzene rings is 2. The van der Waals surface area contributed by atoms with Crippen LogP contribution in [0.5, 0.6) is 11.5 Å². The summed E-state index contributed by atoms with van der Waals surface area (Å²) < 4.78 is 27.8. The molecule has 0 radical (unpaired) electrons. The van der Waals surface area contributed by atoms with Gasteiger partial charge in [-0.1, -0.05) is 41.5 Å². The van der Waals surface area contributed by atoms with Crippen LogP contribution >= 0.6 is 27.7 Å². The molecule has 0 fully saturated rings. The van der Waals surface area contributed by atoms with Crippen LogP contribution in [-0.4, -0.2) is 33.5 Å². The number of rotatable bonds is 10. The first-order valence-electron chi connectivity index (χ1n) is 10.4. The van der Waals surface area contributed by atoms with Crippen LogP contribution in [0.4, 0.5) is 10.1 Å².